The van der Waals surface area contributed by atoms with Gasteiger partial charge in [0.1, 0.15) is 11.1 Å². The van der Waals surface area contributed by atoms with Crippen molar-refractivity contribution in [2.75, 3.05) is 5.32 Å². The second kappa shape index (κ2) is 8.66. The van der Waals surface area contributed by atoms with Gasteiger partial charge >= 0.3 is 0 Å². The third kappa shape index (κ3) is 4.59. The van der Waals surface area contributed by atoms with Crippen molar-refractivity contribution in [1.29, 1.82) is 0 Å². The monoisotopic (exact) mass is 404 g/mol. The van der Waals surface area contributed by atoms with E-state index in [4.69, 9.17) is 0 Å². The van der Waals surface area contributed by atoms with Gasteiger partial charge in [0.15, 0.2) is 5.16 Å². The Balaban J connectivity index is 1.62. The number of hydrogen-bond donors (Lipinski definition) is 1. The molecule has 0 bridgehead atoms. The van der Waals surface area contributed by atoms with Crippen LogP contribution < -0.4 is 5.32 Å². The van der Waals surface area contributed by atoms with Crippen molar-refractivity contribution in [2.45, 2.75) is 42.6 Å². The molecule has 1 unspecified atom stereocenters. The number of anilines is 1. The van der Waals surface area contributed by atoms with Crippen LogP contribution in [0.1, 0.15) is 41.0 Å². The summed E-state index contributed by atoms with van der Waals surface area (Å²) in [6.07, 6.45) is 4.15. The lowest BCUT2D eigenvalue weighted by atomic mass is 10.1. The first-order valence-corrected chi connectivity index (χ1v) is 10.7. The van der Waals surface area contributed by atoms with Crippen LogP contribution in [0.4, 0.5) is 5.69 Å². The van der Waals surface area contributed by atoms with E-state index >= 15 is 0 Å². The van der Waals surface area contributed by atoms with Gasteiger partial charge in [-0.3, -0.25) is 4.79 Å². The van der Waals surface area contributed by atoms with Gasteiger partial charge in [-0.15, -0.1) is 16.8 Å². The van der Waals surface area contributed by atoms with Gasteiger partial charge in [0.25, 0.3) is 0 Å². The Morgan fingerprint density at radius 2 is 1.93 bits per heavy atom. The third-order valence-corrected chi connectivity index (χ3v) is 6.12. The molecule has 148 valence electrons. The second-order valence-corrected chi connectivity index (χ2v) is 8.35. The average molecular weight is 405 g/mol. The average Bonchev–Trinajstić information content (AvgIpc) is 3.51. The Morgan fingerprint density at radius 1 is 1.21 bits per heavy atom. The van der Waals surface area contributed by atoms with E-state index in [1.165, 1.54) is 11.8 Å². The minimum Gasteiger partial charge on any atom is -0.325 e. The summed E-state index contributed by atoms with van der Waals surface area (Å²) in [6.45, 7) is 6.53. The third-order valence-electron chi connectivity index (χ3n) is 4.88. The molecule has 4 rings (SSSR count). The van der Waals surface area contributed by atoms with Crippen LogP contribution in [0.15, 0.2) is 72.4 Å². The summed E-state index contributed by atoms with van der Waals surface area (Å²) in [5, 5.41) is 12.2. The molecule has 2 aromatic carbocycles. The molecule has 0 saturated heterocycles. The maximum absolute atomic E-state index is 13.2. The molecule has 1 aromatic heterocycles. The predicted molar refractivity (Wildman–Crippen MR) is 117 cm³/mol. The van der Waals surface area contributed by atoms with E-state index in [1.807, 2.05) is 67.6 Å². The quantitative estimate of drug-likeness (QED) is 0.418. The lowest BCUT2D eigenvalue weighted by Gasteiger charge is -2.17. The zero-order chi connectivity index (χ0) is 20.2. The fraction of sp³-hybridized carbons (Fsp3) is 0.261. The molecule has 0 radical (unpaired) electrons. The molecule has 1 amide bonds. The van der Waals surface area contributed by atoms with E-state index in [-0.39, 0.29) is 5.91 Å². The fourth-order valence-corrected chi connectivity index (χ4v) is 4.24. The minimum absolute atomic E-state index is 0.0776. The number of carbonyl (C=O) groups is 1. The van der Waals surface area contributed by atoms with Crippen LogP contribution in [-0.2, 0) is 11.3 Å². The Hall–Kier alpha value is -2.86. The highest BCUT2D eigenvalue weighted by Gasteiger charge is 2.32. The molecule has 1 aliphatic rings. The molecule has 3 aromatic rings. The van der Waals surface area contributed by atoms with Crippen molar-refractivity contribution in [2.24, 2.45) is 0 Å². The molecule has 0 spiro atoms. The first kappa shape index (κ1) is 19.5. The Kier molecular flexibility index (Phi) is 5.81. The van der Waals surface area contributed by atoms with Gasteiger partial charge < -0.3 is 9.88 Å². The summed E-state index contributed by atoms with van der Waals surface area (Å²) in [5.74, 6) is 1.40. The Bertz CT molecular complexity index is 993. The van der Waals surface area contributed by atoms with Crippen LogP contribution in [0.5, 0.6) is 0 Å². The largest absolute Gasteiger partial charge is 0.325 e. The van der Waals surface area contributed by atoms with Crippen molar-refractivity contribution in [3.05, 3.63) is 84.2 Å². The molecule has 0 aliphatic heterocycles. The summed E-state index contributed by atoms with van der Waals surface area (Å²) in [4.78, 5) is 13.2. The van der Waals surface area contributed by atoms with Crippen LogP contribution in [0.3, 0.4) is 0 Å². The van der Waals surface area contributed by atoms with E-state index in [9.17, 15) is 4.79 Å². The van der Waals surface area contributed by atoms with Gasteiger partial charge in [0.2, 0.25) is 5.91 Å². The Labute approximate surface area is 175 Å². The summed E-state index contributed by atoms with van der Waals surface area (Å²) in [5.41, 5.74) is 2.87. The highest BCUT2D eigenvalue weighted by molar-refractivity contribution is 8.00. The first-order valence-electron chi connectivity index (χ1n) is 9.79. The molecular weight excluding hydrogens is 380 g/mol. The van der Waals surface area contributed by atoms with Crippen molar-refractivity contribution in [3.8, 4) is 0 Å². The van der Waals surface area contributed by atoms with E-state index in [0.717, 1.165) is 40.6 Å². The normalized spacial score (nSPS) is 14.4. The summed E-state index contributed by atoms with van der Waals surface area (Å²) in [6, 6.07) is 17.6. The zero-order valence-corrected chi connectivity index (χ0v) is 17.2. The van der Waals surface area contributed by atoms with Gasteiger partial charge in [0, 0.05) is 18.2 Å². The number of allylic oxidation sites excluding steroid dienone is 1. The number of aryl methyl sites for hydroxylation is 1. The number of thioether (sulfide) groups is 1. The topological polar surface area (TPSA) is 59.8 Å². The smallest absolute Gasteiger partial charge is 0.242 e. The number of amides is 1. The number of aromatic nitrogens is 3. The maximum atomic E-state index is 13.2. The molecular formula is C23H24N4OS. The minimum atomic E-state index is -0.433. The standard InChI is InChI=1S/C23H24N4OS/c1-3-15-27-21(18-11-12-18)25-26-23(27)29-20(17-7-5-4-6-8-17)22(28)24-19-13-9-16(2)10-14-19/h3-10,13-14,18,20H,1,11-12,15H2,2H3,(H,24,28). The number of nitrogens with one attached hydrogen (secondary N) is 1. The van der Waals surface area contributed by atoms with Gasteiger partial charge in [0.05, 0.1) is 0 Å². The van der Waals surface area contributed by atoms with Crippen LogP contribution in [-0.4, -0.2) is 20.7 Å². The summed E-state index contributed by atoms with van der Waals surface area (Å²) < 4.78 is 2.09. The molecule has 1 fully saturated rings. The number of carbonyl (C=O) groups excluding carboxylic acids is 1. The highest BCUT2D eigenvalue weighted by atomic mass is 32.2. The molecule has 1 heterocycles. The van der Waals surface area contributed by atoms with Gasteiger partial charge in [-0.1, -0.05) is 65.9 Å². The molecule has 6 heteroatoms. The number of rotatable bonds is 8. The molecule has 1 saturated carbocycles. The molecule has 1 N–H and O–H groups in total. The van der Waals surface area contributed by atoms with Crippen LogP contribution >= 0.6 is 11.8 Å². The number of hydrogen-bond acceptors (Lipinski definition) is 4. The van der Waals surface area contributed by atoms with E-state index in [0.29, 0.717) is 12.5 Å². The van der Waals surface area contributed by atoms with Gasteiger partial charge in [-0.05, 0) is 37.5 Å². The lowest BCUT2D eigenvalue weighted by molar-refractivity contribution is -0.115. The molecule has 5 nitrogen and oxygen atoms in total. The second-order valence-electron chi connectivity index (χ2n) is 7.28. The van der Waals surface area contributed by atoms with Gasteiger partial charge in [-0.25, -0.2) is 0 Å². The molecule has 1 aliphatic carbocycles. The summed E-state index contributed by atoms with van der Waals surface area (Å²) in [7, 11) is 0. The number of benzene rings is 2. The zero-order valence-electron chi connectivity index (χ0n) is 16.4. The predicted octanol–water partition coefficient (Wildman–Crippen LogP) is 5.12. The van der Waals surface area contributed by atoms with E-state index in [1.54, 1.807) is 0 Å². The van der Waals surface area contributed by atoms with Gasteiger partial charge in [-0.2, -0.15) is 0 Å². The first-order chi connectivity index (χ1) is 14.2. The molecule has 29 heavy (non-hydrogen) atoms. The lowest BCUT2D eigenvalue weighted by Crippen LogP contribution is -2.19. The van der Waals surface area contributed by atoms with Crippen molar-refractivity contribution < 1.29 is 4.79 Å². The van der Waals surface area contributed by atoms with Crippen LogP contribution in [0.2, 0.25) is 0 Å². The SMILES string of the molecule is C=CCn1c(SC(C(=O)Nc2ccc(C)cc2)c2ccccc2)nnc1C1CC1. The number of nitrogens with zero attached hydrogens (tertiary/aromatic N) is 3. The Morgan fingerprint density at radius 3 is 2.59 bits per heavy atom. The van der Waals surface area contributed by atoms with Crippen LogP contribution in [0, 0.1) is 6.92 Å². The maximum Gasteiger partial charge on any atom is 0.242 e. The van der Waals surface area contributed by atoms with E-state index < -0.39 is 5.25 Å². The van der Waals surface area contributed by atoms with Crippen molar-refractivity contribution in [3.63, 3.8) is 0 Å². The summed E-state index contributed by atoms with van der Waals surface area (Å²) >= 11 is 1.43. The van der Waals surface area contributed by atoms with E-state index in [2.05, 4.69) is 26.7 Å². The van der Waals surface area contributed by atoms with Crippen molar-refractivity contribution in [1.82, 2.24) is 14.8 Å². The highest BCUT2D eigenvalue weighted by Crippen LogP contribution is 2.42. The fourth-order valence-electron chi connectivity index (χ4n) is 3.18. The molecule has 1 atom stereocenters. The van der Waals surface area contributed by atoms with Crippen molar-refractivity contribution >= 4 is 23.4 Å². The van der Waals surface area contributed by atoms with Crippen LogP contribution in [0.25, 0.3) is 0 Å².